The zero-order valence-electron chi connectivity index (χ0n) is 16.7. The molecule has 4 heterocycles. The Morgan fingerprint density at radius 1 is 1.29 bits per heavy atom. The summed E-state index contributed by atoms with van der Waals surface area (Å²) in [5.41, 5.74) is 0.670. The molecular formula is C20H22FN5O3S2. The first-order valence-corrected chi connectivity index (χ1v) is 12.3. The molecule has 3 aromatic heterocycles. The molecule has 1 aliphatic carbocycles. The molecule has 11 heteroatoms. The molecule has 0 aromatic carbocycles. The molecule has 3 aromatic rings. The second-order valence-electron chi connectivity index (χ2n) is 7.92. The summed E-state index contributed by atoms with van der Waals surface area (Å²) in [6.07, 6.45) is 10.2. The molecule has 1 saturated heterocycles. The number of anilines is 1. The molecule has 164 valence electrons. The molecule has 2 fully saturated rings. The normalized spacial score (nSPS) is 19.4. The fourth-order valence-corrected chi connectivity index (χ4v) is 5.93. The van der Waals surface area contributed by atoms with E-state index in [0.717, 1.165) is 48.6 Å². The van der Waals surface area contributed by atoms with E-state index in [9.17, 15) is 13.7 Å². The van der Waals surface area contributed by atoms with Gasteiger partial charge >= 0.3 is 0 Å². The maximum atomic E-state index is 13.4. The number of carbonyl (C=O) groups is 1. The first-order valence-electron chi connectivity index (χ1n) is 10.3. The Morgan fingerprint density at radius 3 is 2.81 bits per heavy atom. The number of hydrogen-bond donors (Lipinski definition) is 1. The van der Waals surface area contributed by atoms with Gasteiger partial charge in [0.05, 0.1) is 35.7 Å². The van der Waals surface area contributed by atoms with E-state index in [1.807, 2.05) is 0 Å². The van der Waals surface area contributed by atoms with Crippen molar-refractivity contribution in [2.24, 2.45) is 5.92 Å². The van der Waals surface area contributed by atoms with Gasteiger partial charge in [-0.1, -0.05) is 11.3 Å². The predicted molar refractivity (Wildman–Crippen MR) is 115 cm³/mol. The van der Waals surface area contributed by atoms with Crippen LogP contribution in [-0.4, -0.2) is 48.7 Å². The average molecular weight is 464 g/mol. The average Bonchev–Trinajstić information content (AvgIpc) is 3.42. The van der Waals surface area contributed by atoms with E-state index in [1.165, 1.54) is 0 Å². The van der Waals surface area contributed by atoms with Crippen LogP contribution in [0.2, 0.25) is 0 Å². The van der Waals surface area contributed by atoms with Gasteiger partial charge in [-0.15, -0.1) is 0 Å². The van der Waals surface area contributed by atoms with Gasteiger partial charge < -0.3 is 14.6 Å². The Kier molecular flexibility index (Phi) is 5.91. The molecule has 5 rings (SSSR count). The lowest BCUT2D eigenvalue weighted by Crippen LogP contribution is -2.30. The van der Waals surface area contributed by atoms with Gasteiger partial charge in [-0.05, 0) is 36.4 Å². The number of hydrogen-bond acceptors (Lipinski definition) is 7. The van der Waals surface area contributed by atoms with Crippen LogP contribution in [0.15, 0.2) is 29.7 Å². The van der Waals surface area contributed by atoms with Crippen molar-refractivity contribution in [2.45, 2.75) is 48.3 Å². The third-order valence-electron chi connectivity index (χ3n) is 5.73. The quantitative estimate of drug-likeness (QED) is 0.539. The van der Waals surface area contributed by atoms with Crippen LogP contribution in [-0.2, 0) is 20.7 Å². The van der Waals surface area contributed by atoms with E-state index in [2.05, 4.69) is 20.4 Å². The number of ether oxygens (including phenoxy) is 1. The number of nitrogens with one attached hydrogen (secondary N) is 1. The van der Waals surface area contributed by atoms with Crippen LogP contribution < -0.4 is 5.32 Å². The van der Waals surface area contributed by atoms with E-state index in [0.29, 0.717) is 36.0 Å². The van der Waals surface area contributed by atoms with E-state index in [1.54, 1.807) is 23.3 Å². The lowest BCUT2D eigenvalue weighted by molar-refractivity contribution is -0.120. The van der Waals surface area contributed by atoms with Crippen LogP contribution in [0.3, 0.4) is 0 Å². The van der Waals surface area contributed by atoms with E-state index >= 15 is 0 Å². The Balaban J connectivity index is 1.48. The number of nitrogens with zero attached hydrogens (tertiary/aromatic N) is 4. The number of pyridine rings is 1. The highest BCUT2D eigenvalue weighted by Gasteiger charge is 2.37. The van der Waals surface area contributed by atoms with Gasteiger partial charge in [-0.3, -0.25) is 14.5 Å². The zero-order valence-corrected chi connectivity index (χ0v) is 18.3. The van der Waals surface area contributed by atoms with E-state index in [-0.39, 0.29) is 16.3 Å². The third kappa shape index (κ3) is 4.45. The van der Waals surface area contributed by atoms with Gasteiger partial charge in [0.1, 0.15) is 11.3 Å². The monoisotopic (exact) mass is 463 g/mol. The zero-order chi connectivity index (χ0) is 21.4. The largest absolute Gasteiger partial charge is 0.611 e. The first-order chi connectivity index (χ1) is 15.1. The Morgan fingerprint density at radius 2 is 2.10 bits per heavy atom. The maximum absolute atomic E-state index is 13.4. The number of carbonyl (C=O) groups excluding carboxylic acids is 1. The maximum Gasteiger partial charge on any atom is 0.251 e. The van der Waals surface area contributed by atoms with Gasteiger partial charge in [0.2, 0.25) is 0 Å². The smallest absolute Gasteiger partial charge is 0.251 e. The molecule has 1 saturated carbocycles. The SMILES string of the molecule is O=C(Nc1ncc(F)s1)C(CC1CCOCC1)n1ncc2c([S+]([O-])C3CC3)cncc21. The summed E-state index contributed by atoms with van der Waals surface area (Å²) in [5, 5.41) is 7.92. The fourth-order valence-electron chi connectivity index (χ4n) is 3.92. The Bertz CT molecular complexity index is 1080. The second-order valence-corrected chi connectivity index (χ2v) is 10.6. The third-order valence-corrected chi connectivity index (χ3v) is 8.27. The molecule has 0 spiro atoms. The summed E-state index contributed by atoms with van der Waals surface area (Å²) in [6.45, 7) is 1.34. The Labute approximate surface area is 185 Å². The molecule has 0 bridgehead atoms. The van der Waals surface area contributed by atoms with Gasteiger partial charge in [0.25, 0.3) is 5.91 Å². The van der Waals surface area contributed by atoms with Crippen LogP contribution >= 0.6 is 11.3 Å². The van der Waals surface area contributed by atoms with Crippen LogP contribution in [0, 0.1) is 11.0 Å². The summed E-state index contributed by atoms with van der Waals surface area (Å²) in [5.74, 6) is -0.00641. The standard InChI is InChI=1S/C20H22FN5O3S2/c21-18-11-23-20(30-18)25-19(27)15(7-12-3-5-29-6-4-12)26-16-9-22-10-17(14(16)8-24-26)31(28)13-1-2-13/h8-13,15H,1-7H2,(H,23,25,27). The van der Waals surface area contributed by atoms with Gasteiger partial charge in [0.15, 0.2) is 15.2 Å². The van der Waals surface area contributed by atoms with Crippen LogP contribution in [0.1, 0.15) is 38.1 Å². The van der Waals surface area contributed by atoms with Crippen LogP contribution in [0.5, 0.6) is 0 Å². The molecule has 1 aliphatic heterocycles. The number of rotatable bonds is 7. The van der Waals surface area contributed by atoms with Gasteiger partial charge in [-0.25, -0.2) is 4.98 Å². The minimum atomic E-state index is -1.13. The molecule has 2 unspecified atom stereocenters. The molecular weight excluding hydrogens is 441 g/mol. The van der Waals surface area contributed by atoms with Gasteiger partial charge in [0, 0.05) is 26.1 Å². The van der Waals surface area contributed by atoms with Crippen molar-refractivity contribution in [3.8, 4) is 0 Å². The summed E-state index contributed by atoms with van der Waals surface area (Å²) in [6, 6.07) is -0.626. The van der Waals surface area contributed by atoms with Gasteiger partial charge in [-0.2, -0.15) is 9.49 Å². The minimum absolute atomic E-state index is 0.178. The lowest BCUT2D eigenvalue weighted by atomic mass is 9.92. The topological polar surface area (TPSA) is 105 Å². The second kappa shape index (κ2) is 8.81. The lowest BCUT2D eigenvalue weighted by Gasteiger charge is -2.26. The molecule has 8 nitrogen and oxygen atoms in total. The molecule has 1 amide bonds. The molecule has 2 aliphatic rings. The molecule has 1 N–H and O–H groups in total. The van der Waals surface area contributed by atoms with Crippen molar-refractivity contribution in [1.82, 2.24) is 19.7 Å². The summed E-state index contributed by atoms with van der Waals surface area (Å²) in [4.78, 5) is 22.1. The summed E-state index contributed by atoms with van der Waals surface area (Å²) < 4.78 is 33.3. The number of aromatic nitrogens is 4. The highest BCUT2D eigenvalue weighted by molar-refractivity contribution is 7.92. The number of amides is 1. The van der Waals surface area contributed by atoms with Crippen molar-refractivity contribution in [1.29, 1.82) is 0 Å². The molecule has 31 heavy (non-hydrogen) atoms. The van der Waals surface area contributed by atoms with E-state index < -0.39 is 22.3 Å². The summed E-state index contributed by atoms with van der Waals surface area (Å²) >= 11 is -0.342. The summed E-state index contributed by atoms with van der Waals surface area (Å²) in [7, 11) is 0. The van der Waals surface area contributed by atoms with Crippen molar-refractivity contribution >= 4 is 44.5 Å². The number of thiazole rings is 1. The highest BCUT2D eigenvalue weighted by Crippen LogP contribution is 2.37. The van der Waals surface area contributed by atoms with Crippen LogP contribution in [0.25, 0.3) is 10.9 Å². The van der Waals surface area contributed by atoms with Crippen molar-refractivity contribution in [3.05, 3.63) is 29.9 Å². The molecule has 0 radical (unpaired) electrons. The predicted octanol–water partition coefficient (Wildman–Crippen LogP) is 3.29. The van der Waals surface area contributed by atoms with Crippen molar-refractivity contribution < 1.29 is 18.5 Å². The highest BCUT2D eigenvalue weighted by atomic mass is 32.2. The van der Waals surface area contributed by atoms with E-state index in [4.69, 9.17) is 4.74 Å². The minimum Gasteiger partial charge on any atom is -0.611 e. The molecule has 2 atom stereocenters. The number of fused-ring (bicyclic) bond motifs is 1. The van der Waals surface area contributed by atoms with Crippen molar-refractivity contribution in [2.75, 3.05) is 18.5 Å². The Hall–Kier alpha value is -2.08. The first kappa shape index (κ1) is 20.8. The van der Waals surface area contributed by atoms with Crippen LogP contribution in [0.4, 0.5) is 9.52 Å². The fraction of sp³-hybridized carbons (Fsp3) is 0.500. The van der Waals surface area contributed by atoms with Crippen molar-refractivity contribution in [3.63, 3.8) is 0 Å². The number of halogens is 1.